The Morgan fingerprint density at radius 1 is 1.22 bits per heavy atom. The van der Waals surface area contributed by atoms with Gasteiger partial charge in [-0.05, 0) is 42.8 Å². The lowest BCUT2D eigenvalue weighted by atomic mass is 10.1. The number of benzene rings is 1. The summed E-state index contributed by atoms with van der Waals surface area (Å²) >= 11 is 0. The molecule has 5 heteroatoms. The Morgan fingerprint density at radius 2 is 1.87 bits per heavy atom. The molecule has 1 aromatic rings. The number of nitrogens with zero attached hydrogens (tertiary/aromatic N) is 2. The molecule has 3 N–H and O–H groups in total. The molecule has 0 fully saturated rings. The third kappa shape index (κ3) is 4.16. The van der Waals surface area contributed by atoms with E-state index in [9.17, 15) is 4.79 Å². The van der Waals surface area contributed by atoms with Crippen molar-refractivity contribution >= 4 is 11.6 Å². The number of allylic oxidation sites excluding steroid dienone is 3. The standard InChI is InChI=1S/C18H24N4O/c1-13-5-6-15(18(23)21(2)3)11-12-22(4)17(20-13)14-7-9-16(19)10-8-14/h5-12,17,20H,19H2,1-4H3/b12-11+,13-5+,15-6+. The Morgan fingerprint density at radius 3 is 2.48 bits per heavy atom. The molecule has 5 nitrogen and oxygen atoms in total. The molecule has 0 bridgehead atoms. The van der Waals surface area contributed by atoms with Crippen molar-refractivity contribution in [2.24, 2.45) is 0 Å². The molecule has 1 atom stereocenters. The van der Waals surface area contributed by atoms with Crippen molar-refractivity contribution in [2.75, 3.05) is 26.9 Å². The summed E-state index contributed by atoms with van der Waals surface area (Å²) < 4.78 is 0. The van der Waals surface area contributed by atoms with Crippen LogP contribution in [0.25, 0.3) is 0 Å². The van der Waals surface area contributed by atoms with Crippen molar-refractivity contribution in [3.63, 3.8) is 0 Å². The number of carbonyl (C=O) groups is 1. The summed E-state index contributed by atoms with van der Waals surface area (Å²) in [7, 11) is 5.47. The molecule has 0 spiro atoms. The van der Waals surface area contributed by atoms with Crippen LogP contribution in [0.4, 0.5) is 5.69 Å². The average Bonchev–Trinajstić information content (AvgIpc) is 2.58. The van der Waals surface area contributed by atoms with Crippen molar-refractivity contribution in [3.05, 3.63) is 65.5 Å². The lowest BCUT2D eigenvalue weighted by Gasteiger charge is -2.29. The summed E-state index contributed by atoms with van der Waals surface area (Å²) in [6.45, 7) is 1.98. The van der Waals surface area contributed by atoms with Crippen LogP contribution in [-0.4, -0.2) is 36.9 Å². The highest BCUT2D eigenvalue weighted by Gasteiger charge is 2.16. The molecular formula is C18H24N4O. The van der Waals surface area contributed by atoms with Crippen molar-refractivity contribution in [1.82, 2.24) is 15.1 Å². The number of carbonyl (C=O) groups excluding carboxylic acids is 1. The first-order valence-electron chi connectivity index (χ1n) is 7.51. The predicted octanol–water partition coefficient (Wildman–Crippen LogP) is 2.23. The molecule has 23 heavy (non-hydrogen) atoms. The van der Waals surface area contributed by atoms with E-state index in [1.54, 1.807) is 19.0 Å². The largest absolute Gasteiger partial charge is 0.399 e. The Hall–Kier alpha value is -2.69. The number of rotatable bonds is 2. The van der Waals surface area contributed by atoms with E-state index in [4.69, 9.17) is 5.73 Å². The van der Waals surface area contributed by atoms with E-state index in [-0.39, 0.29) is 12.1 Å². The zero-order valence-corrected chi connectivity index (χ0v) is 14.1. The topological polar surface area (TPSA) is 61.6 Å². The fourth-order valence-corrected chi connectivity index (χ4v) is 2.32. The van der Waals surface area contributed by atoms with Crippen LogP contribution in [0.5, 0.6) is 0 Å². The predicted molar refractivity (Wildman–Crippen MR) is 94.2 cm³/mol. The highest BCUT2D eigenvalue weighted by Crippen LogP contribution is 2.21. The Kier molecular flexibility index (Phi) is 5.11. The summed E-state index contributed by atoms with van der Waals surface area (Å²) in [5.74, 6) is -0.0235. The minimum absolute atomic E-state index is 0.0235. The van der Waals surface area contributed by atoms with Gasteiger partial charge in [0.05, 0.1) is 0 Å². The quantitative estimate of drug-likeness (QED) is 0.822. The molecule has 1 unspecified atom stereocenters. The number of amides is 1. The first-order chi connectivity index (χ1) is 10.9. The lowest BCUT2D eigenvalue weighted by molar-refractivity contribution is -0.124. The van der Waals surface area contributed by atoms with Crippen LogP contribution < -0.4 is 11.1 Å². The number of hydrogen-bond donors (Lipinski definition) is 2. The van der Waals surface area contributed by atoms with Crippen molar-refractivity contribution < 1.29 is 4.79 Å². The Balaban J connectivity index is 2.34. The van der Waals surface area contributed by atoms with Gasteiger partial charge in [-0.25, -0.2) is 0 Å². The van der Waals surface area contributed by atoms with Crippen LogP contribution in [0.15, 0.2) is 60.0 Å². The highest BCUT2D eigenvalue weighted by atomic mass is 16.2. The van der Waals surface area contributed by atoms with Gasteiger partial charge in [0.25, 0.3) is 5.91 Å². The number of hydrogen-bond acceptors (Lipinski definition) is 4. The van der Waals surface area contributed by atoms with Crippen LogP contribution >= 0.6 is 0 Å². The van der Waals surface area contributed by atoms with E-state index < -0.39 is 0 Å². The van der Waals surface area contributed by atoms with Crippen molar-refractivity contribution in [3.8, 4) is 0 Å². The van der Waals surface area contributed by atoms with Crippen LogP contribution in [0, 0.1) is 0 Å². The summed E-state index contributed by atoms with van der Waals surface area (Å²) in [4.78, 5) is 15.8. The van der Waals surface area contributed by atoms with Gasteiger partial charge in [0, 0.05) is 44.3 Å². The highest BCUT2D eigenvalue weighted by molar-refractivity contribution is 5.96. The molecule has 1 amide bonds. The molecule has 1 aromatic carbocycles. The summed E-state index contributed by atoms with van der Waals surface area (Å²) in [5, 5.41) is 3.46. The van der Waals surface area contributed by atoms with Crippen LogP contribution in [0.3, 0.4) is 0 Å². The van der Waals surface area contributed by atoms with E-state index in [2.05, 4.69) is 5.32 Å². The zero-order chi connectivity index (χ0) is 17.0. The van der Waals surface area contributed by atoms with E-state index in [0.717, 1.165) is 16.9 Å². The van der Waals surface area contributed by atoms with Gasteiger partial charge in [0.2, 0.25) is 0 Å². The Labute approximate surface area is 137 Å². The molecule has 2 rings (SSSR count). The molecule has 0 saturated heterocycles. The second kappa shape index (κ2) is 7.05. The zero-order valence-electron chi connectivity index (χ0n) is 14.1. The molecule has 1 aliphatic rings. The minimum Gasteiger partial charge on any atom is -0.399 e. The first-order valence-corrected chi connectivity index (χ1v) is 7.51. The number of anilines is 1. The summed E-state index contributed by atoms with van der Waals surface area (Å²) in [5.41, 5.74) is 9.22. The molecule has 0 radical (unpaired) electrons. The fourth-order valence-electron chi connectivity index (χ4n) is 2.32. The van der Waals surface area contributed by atoms with E-state index in [1.165, 1.54) is 0 Å². The van der Waals surface area contributed by atoms with Gasteiger partial charge in [0.1, 0.15) is 6.17 Å². The van der Waals surface area contributed by atoms with E-state index in [1.807, 2.05) is 67.6 Å². The van der Waals surface area contributed by atoms with Gasteiger partial charge in [-0.3, -0.25) is 4.79 Å². The fraction of sp³-hybridized carbons (Fsp3) is 0.278. The summed E-state index contributed by atoms with van der Waals surface area (Å²) in [6, 6.07) is 7.78. The second-order valence-electron chi connectivity index (χ2n) is 5.87. The van der Waals surface area contributed by atoms with Gasteiger partial charge in [0.15, 0.2) is 0 Å². The lowest BCUT2D eigenvalue weighted by Crippen LogP contribution is -2.31. The van der Waals surface area contributed by atoms with E-state index in [0.29, 0.717) is 5.57 Å². The van der Waals surface area contributed by atoms with Gasteiger partial charge in [-0.15, -0.1) is 0 Å². The van der Waals surface area contributed by atoms with Gasteiger partial charge < -0.3 is 20.9 Å². The maximum Gasteiger partial charge on any atom is 0.253 e. The molecule has 0 aromatic heterocycles. The Bertz CT molecular complexity index is 656. The van der Waals surface area contributed by atoms with Crippen LogP contribution in [-0.2, 0) is 4.79 Å². The molecule has 122 valence electrons. The number of nitrogens with two attached hydrogens (primary N) is 1. The van der Waals surface area contributed by atoms with Gasteiger partial charge in [-0.2, -0.15) is 0 Å². The van der Waals surface area contributed by atoms with Crippen molar-refractivity contribution in [2.45, 2.75) is 13.1 Å². The maximum atomic E-state index is 12.2. The van der Waals surface area contributed by atoms with Crippen LogP contribution in [0.2, 0.25) is 0 Å². The molecule has 0 aliphatic carbocycles. The minimum atomic E-state index is -0.0368. The average molecular weight is 312 g/mol. The monoisotopic (exact) mass is 312 g/mol. The van der Waals surface area contributed by atoms with Gasteiger partial charge >= 0.3 is 0 Å². The molecule has 1 aliphatic heterocycles. The molecular weight excluding hydrogens is 288 g/mol. The number of nitrogens with one attached hydrogen (secondary N) is 1. The van der Waals surface area contributed by atoms with E-state index >= 15 is 0 Å². The second-order valence-corrected chi connectivity index (χ2v) is 5.87. The van der Waals surface area contributed by atoms with Gasteiger partial charge in [-0.1, -0.05) is 12.1 Å². The third-order valence-electron chi connectivity index (χ3n) is 3.68. The van der Waals surface area contributed by atoms with Crippen molar-refractivity contribution in [1.29, 1.82) is 0 Å². The normalized spacial score (nSPS) is 24.0. The third-order valence-corrected chi connectivity index (χ3v) is 3.68. The maximum absolute atomic E-state index is 12.2. The smallest absolute Gasteiger partial charge is 0.253 e. The molecule has 0 saturated carbocycles. The molecule has 1 heterocycles. The van der Waals surface area contributed by atoms with Crippen LogP contribution in [0.1, 0.15) is 18.7 Å². The number of likely N-dealkylation sites (N-methyl/N-ethyl adjacent to an activating group) is 1. The SMILES string of the molecule is C\C1=C/C=C(C(=O)N(C)C)\C=C\N(C)C(c2ccc(N)cc2)N1. The number of nitrogen functional groups attached to an aromatic ring is 1. The summed E-state index contributed by atoms with van der Waals surface area (Å²) in [6.07, 6.45) is 7.47. The first kappa shape index (κ1) is 16.7.